The SMILES string of the molecule is BC(B)(B)Oc1cc(-n2cnc3cc(-c4cnn(C)c4)ccc32)cc(OC(F)F)c1C(=O)NC1CC1. The number of amides is 1. The topological polar surface area (TPSA) is 83.2 Å². The Morgan fingerprint density at radius 2 is 1.92 bits per heavy atom. The van der Waals surface area contributed by atoms with Gasteiger partial charge in [0.2, 0.25) is 0 Å². The molecule has 0 saturated heterocycles. The highest BCUT2D eigenvalue weighted by molar-refractivity contribution is 6.58. The lowest BCUT2D eigenvalue weighted by atomic mass is 9.52. The molecular weight excluding hydrogens is 465 g/mol. The monoisotopic (exact) mass is 489 g/mol. The fraction of sp³-hybridized carbons (Fsp3) is 0.261. The summed E-state index contributed by atoms with van der Waals surface area (Å²) >= 11 is 0. The quantitative estimate of drug-likeness (QED) is 0.371. The Labute approximate surface area is 209 Å². The Morgan fingerprint density at radius 3 is 2.56 bits per heavy atom. The molecule has 4 aromatic rings. The van der Waals surface area contributed by atoms with Gasteiger partial charge in [-0.3, -0.25) is 14.0 Å². The molecule has 1 amide bonds. The third kappa shape index (κ3) is 5.10. The molecule has 1 saturated carbocycles. The summed E-state index contributed by atoms with van der Waals surface area (Å²) < 4.78 is 41.2. The number of hydrogen-bond acceptors (Lipinski definition) is 5. The highest BCUT2D eigenvalue weighted by atomic mass is 19.3. The van der Waals surface area contributed by atoms with Crippen molar-refractivity contribution in [3.63, 3.8) is 0 Å². The molecule has 2 aromatic heterocycles. The number of hydrogen-bond donors (Lipinski definition) is 1. The molecule has 1 aliphatic rings. The molecule has 2 heterocycles. The number of fused-ring (bicyclic) bond motifs is 1. The van der Waals surface area contributed by atoms with Crippen molar-refractivity contribution in [2.75, 3.05) is 0 Å². The second-order valence-electron chi connectivity index (χ2n) is 9.88. The average molecular weight is 489 g/mol. The molecule has 1 fully saturated rings. The zero-order chi connectivity index (χ0) is 25.6. The molecule has 0 radical (unpaired) electrons. The molecule has 36 heavy (non-hydrogen) atoms. The lowest BCUT2D eigenvalue weighted by Crippen LogP contribution is -2.38. The van der Waals surface area contributed by atoms with Gasteiger partial charge in [0.05, 0.1) is 22.9 Å². The summed E-state index contributed by atoms with van der Waals surface area (Å²) in [4.78, 5) is 17.6. The van der Waals surface area contributed by atoms with Gasteiger partial charge in [-0.25, -0.2) is 4.98 Å². The summed E-state index contributed by atoms with van der Waals surface area (Å²) in [7, 11) is 7.31. The summed E-state index contributed by atoms with van der Waals surface area (Å²) in [6, 6.07) is 8.88. The van der Waals surface area contributed by atoms with Gasteiger partial charge in [0.15, 0.2) is 0 Å². The summed E-state index contributed by atoms with van der Waals surface area (Å²) in [5.74, 6) is -0.605. The summed E-state index contributed by atoms with van der Waals surface area (Å²) in [5, 5.41) is 6.37. The van der Waals surface area contributed by atoms with E-state index in [4.69, 9.17) is 9.47 Å². The van der Waals surface area contributed by atoms with Gasteiger partial charge >= 0.3 is 6.61 Å². The van der Waals surface area contributed by atoms with Crippen LogP contribution < -0.4 is 14.8 Å². The molecule has 13 heteroatoms. The molecule has 182 valence electrons. The molecule has 1 aliphatic carbocycles. The Kier molecular flexibility index (Phi) is 6.01. The standard InChI is InChI=1S/C23H24B3F2N5O3/c1-32-10-13(9-30-32)12-2-5-17-16(6-12)29-11-33(17)15-7-18(35-22(27)28)20(21(34)31-14-3-4-14)19(8-15)36-23(24,25)26/h2,5-11,14,22H,3-4,24-26H2,1H3,(H,31,34). The first-order valence-corrected chi connectivity index (χ1v) is 11.7. The number of alkyl halides is 2. The second-order valence-corrected chi connectivity index (χ2v) is 9.88. The maximum absolute atomic E-state index is 13.4. The van der Waals surface area contributed by atoms with Crippen LogP contribution in [0.3, 0.4) is 0 Å². The van der Waals surface area contributed by atoms with Gasteiger partial charge in [-0.2, -0.15) is 13.9 Å². The van der Waals surface area contributed by atoms with Crippen molar-refractivity contribution in [1.29, 1.82) is 0 Å². The van der Waals surface area contributed by atoms with E-state index in [9.17, 15) is 13.6 Å². The van der Waals surface area contributed by atoms with Crippen LogP contribution in [0.15, 0.2) is 49.1 Å². The number of rotatable bonds is 8. The number of ether oxygens (including phenoxy) is 2. The van der Waals surface area contributed by atoms with E-state index in [-0.39, 0.29) is 23.1 Å². The lowest BCUT2D eigenvalue weighted by molar-refractivity contribution is -0.0502. The Bertz CT molecular complexity index is 1450. The number of benzene rings is 2. The molecule has 0 aliphatic heterocycles. The van der Waals surface area contributed by atoms with Crippen molar-refractivity contribution in [2.45, 2.75) is 30.8 Å². The van der Waals surface area contributed by atoms with E-state index >= 15 is 0 Å². The van der Waals surface area contributed by atoms with E-state index < -0.39 is 17.8 Å². The van der Waals surface area contributed by atoms with Gasteiger partial charge in [-0.15, -0.1) is 0 Å². The van der Waals surface area contributed by atoms with Gasteiger partial charge < -0.3 is 14.8 Å². The fourth-order valence-corrected chi connectivity index (χ4v) is 3.99. The van der Waals surface area contributed by atoms with Crippen molar-refractivity contribution in [3.05, 3.63) is 54.6 Å². The van der Waals surface area contributed by atoms with E-state index in [2.05, 4.69) is 15.4 Å². The van der Waals surface area contributed by atoms with Gasteiger partial charge in [0, 0.05) is 42.3 Å². The molecule has 1 N–H and O–H groups in total. The summed E-state index contributed by atoms with van der Waals surface area (Å²) in [6.45, 7) is -3.11. The number of nitrogens with zero attached hydrogens (tertiary/aromatic N) is 4. The fourth-order valence-electron chi connectivity index (χ4n) is 3.99. The maximum Gasteiger partial charge on any atom is 0.387 e. The van der Waals surface area contributed by atoms with Crippen molar-refractivity contribution < 1.29 is 23.0 Å². The predicted octanol–water partition coefficient (Wildman–Crippen LogP) is 0.809. The van der Waals surface area contributed by atoms with Crippen LogP contribution >= 0.6 is 0 Å². The van der Waals surface area contributed by atoms with Crippen LogP contribution in [-0.2, 0) is 7.05 Å². The van der Waals surface area contributed by atoms with Crippen molar-refractivity contribution in [3.8, 4) is 28.3 Å². The first-order chi connectivity index (χ1) is 17.1. The minimum Gasteiger partial charge on any atom is -0.513 e. The molecule has 0 bridgehead atoms. The zero-order valence-corrected chi connectivity index (χ0v) is 20.5. The Morgan fingerprint density at radius 1 is 1.17 bits per heavy atom. The predicted molar refractivity (Wildman–Crippen MR) is 139 cm³/mol. The van der Waals surface area contributed by atoms with Crippen LogP contribution in [0.1, 0.15) is 23.2 Å². The second kappa shape index (κ2) is 9.03. The largest absolute Gasteiger partial charge is 0.513 e. The normalized spacial score (nSPS) is 13.8. The molecule has 5 rings (SSSR count). The lowest BCUT2D eigenvalue weighted by Gasteiger charge is -2.25. The number of imidazole rings is 1. The van der Waals surface area contributed by atoms with Crippen LogP contribution in [0.2, 0.25) is 0 Å². The van der Waals surface area contributed by atoms with Crippen LogP contribution in [-0.4, -0.2) is 66.7 Å². The zero-order valence-electron chi connectivity index (χ0n) is 20.5. The third-order valence-corrected chi connectivity index (χ3v) is 5.69. The first kappa shape index (κ1) is 24.0. The number of carbonyl (C=O) groups is 1. The van der Waals surface area contributed by atoms with Crippen LogP contribution in [0.25, 0.3) is 27.8 Å². The van der Waals surface area contributed by atoms with E-state index in [0.717, 1.165) is 29.5 Å². The summed E-state index contributed by atoms with van der Waals surface area (Å²) in [6.07, 6.45) is 6.99. The van der Waals surface area contributed by atoms with E-state index in [1.807, 2.05) is 55.0 Å². The smallest absolute Gasteiger partial charge is 0.387 e. The first-order valence-electron chi connectivity index (χ1n) is 11.7. The molecule has 2 aromatic carbocycles. The molecular formula is C23H24B3F2N5O3. The Balaban J connectivity index is 1.62. The van der Waals surface area contributed by atoms with E-state index in [0.29, 0.717) is 11.2 Å². The molecule has 8 nitrogen and oxygen atoms in total. The van der Waals surface area contributed by atoms with Crippen molar-refractivity contribution >= 4 is 40.5 Å². The Hall–Kier alpha value is -3.76. The number of aromatic nitrogens is 4. The van der Waals surface area contributed by atoms with Crippen LogP contribution in [0, 0.1) is 0 Å². The number of nitrogens with one attached hydrogen (secondary N) is 1. The summed E-state index contributed by atoms with van der Waals surface area (Å²) in [5.41, 5.74) is 3.79. The number of carbonyl (C=O) groups excluding carboxylic acids is 1. The minimum absolute atomic E-state index is 0.0330. The number of aryl methyl sites for hydroxylation is 1. The number of halogens is 2. The highest BCUT2D eigenvalue weighted by Crippen LogP contribution is 2.36. The van der Waals surface area contributed by atoms with E-state index in [1.54, 1.807) is 27.8 Å². The highest BCUT2D eigenvalue weighted by Gasteiger charge is 2.30. The van der Waals surface area contributed by atoms with Crippen LogP contribution in [0.4, 0.5) is 8.78 Å². The maximum atomic E-state index is 13.4. The van der Waals surface area contributed by atoms with E-state index in [1.165, 1.54) is 6.07 Å². The third-order valence-electron chi connectivity index (χ3n) is 5.69. The minimum atomic E-state index is -3.11. The van der Waals surface area contributed by atoms with Gasteiger partial charge in [0.1, 0.15) is 46.9 Å². The molecule has 0 atom stereocenters. The average Bonchev–Trinajstić information content (AvgIpc) is 3.32. The van der Waals surface area contributed by atoms with Crippen LogP contribution in [0.5, 0.6) is 11.5 Å². The van der Waals surface area contributed by atoms with Gasteiger partial charge in [-0.1, -0.05) is 6.07 Å². The molecule has 0 unspecified atom stereocenters. The molecule has 0 spiro atoms. The van der Waals surface area contributed by atoms with Crippen molar-refractivity contribution in [2.24, 2.45) is 7.05 Å². The van der Waals surface area contributed by atoms with Crippen molar-refractivity contribution in [1.82, 2.24) is 24.6 Å². The van der Waals surface area contributed by atoms with Gasteiger partial charge in [0.25, 0.3) is 5.91 Å². The van der Waals surface area contributed by atoms with Gasteiger partial charge in [-0.05, 0) is 30.5 Å².